The molecule has 1 aromatic heterocycles. The number of aromatic carboxylic acids is 1. The van der Waals surface area contributed by atoms with Gasteiger partial charge in [-0.1, -0.05) is 30.3 Å². The van der Waals surface area contributed by atoms with Crippen LogP contribution in [0.3, 0.4) is 0 Å². The van der Waals surface area contributed by atoms with Gasteiger partial charge < -0.3 is 10.4 Å². The van der Waals surface area contributed by atoms with E-state index in [4.69, 9.17) is 5.11 Å². The Morgan fingerprint density at radius 1 is 1.30 bits per heavy atom. The summed E-state index contributed by atoms with van der Waals surface area (Å²) in [7, 11) is 0. The molecule has 0 unspecified atom stereocenters. The Bertz CT molecular complexity index is 620. The van der Waals surface area contributed by atoms with Crippen LogP contribution in [0.2, 0.25) is 0 Å². The van der Waals surface area contributed by atoms with Gasteiger partial charge in [0.15, 0.2) is 0 Å². The van der Waals surface area contributed by atoms with Gasteiger partial charge in [-0.3, -0.25) is 9.48 Å². The third-order valence-corrected chi connectivity index (χ3v) is 2.81. The lowest BCUT2D eigenvalue weighted by atomic mass is 10.2. The lowest BCUT2D eigenvalue weighted by Crippen LogP contribution is -2.27. The van der Waals surface area contributed by atoms with Crippen LogP contribution in [0.1, 0.15) is 21.6 Å². The molecule has 0 aliphatic rings. The van der Waals surface area contributed by atoms with E-state index in [0.29, 0.717) is 12.2 Å². The number of nitrogens with one attached hydrogen (secondary N) is 1. The Morgan fingerprint density at radius 2 is 2.00 bits per heavy atom. The molecule has 1 heterocycles. The summed E-state index contributed by atoms with van der Waals surface area (Å²) >= 11 is 0. The highest BCUT2D eigenvalue weighted by atomic mass is 16.4. The fourth-order valence-corrected chi connectivity index (χ4v) is 1.81. The van der Waals surface area contributed by atoms with Crippen LogP contribution in [0.15, 0.2) is 36.5 Å². The standard InChI is InChI=1S/C14H15N3O3/c1-10-12(14(19)20)8-17(16-10)9-13(18)15-7-11-5-3-2-4-6-11/h2-6,8H,7,9H2,1H3,(H,15,18)(H,19,20). The van der Waals surface area contributed by atoms with Gasteiger partial charge in [-0.05, 0) is 12.5 Å². The molecule has 0 bridgehead atoms. The minimum atomic E-state index is -1.04. The average molecular weight is 273 g/mol. The minimum Gasteiger partial charge on any atom is -0.478 e. The van der Waals surface area contributed by atoms with Crippen LogP contribution in [0.5, 0.6) is 0 Å². The third kappa shape index (κ3) is 3.44. The summed E-state index contributed by atoms with van der Waals surface area (Å²) in [6, 6.07) is 9.54. The molecular formula is C14H15N3O3. The van der Waals surface area contributed by atoms with Gasteiger partial charge in [0.25, 0.3) is 0 Å². The SMILES string of the molecule is Cc1nn(CC(=O)NCc2ccccc2)cc1C(=O)O. The maximum absolute atomic E-state index is 11.8. The second-order valence-electron chi connectivity index (χ2n) is 4.39. The minimum absolute atomic E-state index is 0.000946. The molecule has 1 aromatic carbocycles. The van der Waals surface area contributed by atoms with Crippen LogP contribution in [0, 0.1) is 6.92 Å². The first-order chi connectivity index (χ1) is 9.56. The smallest absolute Gasteiger partial charge is 0.339 e. The zero-order valence-electron chi connectivity index (χ0n) is 11.0. The molecule has 0 spiro atoms. The number of amides is 1. The van der Waals surface area contributed by atoms with Crippen molar-refractivity contribution in [2.24, 2.45) is 0 Å². The molecule has 104 valence electrons. The Hall–Kier alpha value is -2.63. The first-order valence-electron chi connectivity index (χ1n) is 6.14. The number of carboxylic acid groups (broad SMARTS) is 1. The number of benzene rings is 1. The number of hydrogen-bond acceptors (Lipinski definition) is 3. The van der Waals surface area contributed by atoms with Gasteiger partial charge in [0, 0.05) is 12.7 Å². The van der Waals surface area contributed by atoms with Crippen LogP contribution in [-0.4, -0.2) is 26.8 Å². The molecule has 0 aliphatic heterocycles. The predicted molar refractivity (Wildman–Crippen MR) is 72.2 cm³/mol. The van der Waals surface area contributed by atoms with Gasteiger partial charge in [-0.15, -0.1) is 0 Å². The molecule has 0 aliphatic carbocycles. The van der Waals surface area contributed by atoms with E-state index < -0.39 is 5.97 Å². The molecule has 0 fully saturated rings. The van der Waals surface area contributed by atoms with Crippen LogP contribution in [-0.2, 0) is 17.9 Å². The van der Waals surface area contributed by atoms with Crippen LogP contribution in [0.25, 0.3) is 0 Å². The van der Waals surface area contributed by atoms with Crippen LogP contribution < -0.4 is 5.32 Å². The highest BCUT2D eigenvalue weighted by Gasteiger charge is 2.13. The fraction of sp³-hybridized carbons (Fsp3) is 0.214. The second-order valence-corrected chi connectivity index (χ2v) is 4.39. The molecule has 20 heavy (non-hydrogen) atoms. The first-order valence-corrected chi connectivity index (χ1v) is 6.14. The number of hydrogen-bond donors (Lipinski definition) is 2. The van der Waals surface area contributed by atoms with Gasteiger partial charge in [-0.25, -0.2) is 4.79 Å². The molecule has 2 rings (SSSR count). The summed E-state index contributed by atoms with van der Waals surface area (Å²) in [4.78, 5) is 22.6. The zero-order chi connectivity index (χ0) is 14.5. The number of nitrogens with zero attached hydrogens (tertiary/aromatic N) is 2. The molecular weight excluding hydrogens is 258 g/mol. The topological polar surface area (TPSA) is 84.2 Å². The number of rotatable bonds is 5. The maximum Gasteiger partial charge on any atom is 0.339 e. The molecule has 0 atom stereocenters. The van der Waals surface area contributed by atoms with E-state index in [1.165, 1.54) is 10.9 Å². The largest absolute Gasteiger partial charge is 0.478 e. The Kier molecular flexibility index (Phi) is 4.14. The van der Waals surface area contributed by atoms with Crippen molar-refractivity contribution in [1.29, 1.82) is 0 Å². The van der Waals surface area contributed by atoms with E-state index >= 15 is 0 Å². The highest BCUT2D eigenvalue weighted by molar-refractivity contribution is 5.88. The molecule has 0 radical (unpaired) electrons. The summed E-state index contributed by atoms with van der Waals surface area (Å²) in [5, 5.41) is 15.7. The lowest BCUT2D eigenvalue weighted by molar-refractivity contribution is -0.122. The summed E-state index contributed by atoms with van der Waals surface area (Å²) < 4.78 is 1.33. The zero-order valence-corrected chi connectivity index (χ0v) is 11.0. The highest BCUT2D eigenvalue weighted by Crippen LogP contribution is 2.05. The molecule has 2 N–H and O–H groups in total. The second kappa shape index (κ2) is 6.01. The van der Waals surface area contributed by atoms with Crippen molar-refractivity contribution < 1.29 is 14.7 Å². The van der Waals surface area contributed by atoms with E-state index in [0.717, 1.165) is 5.56 Å². The quantitative estimate of drug-likeness (QED) is 0.857. The summed E-state index contributed by atoms with van der Waals surface area (Å²) in [6.07, 6.45) is 1.36. The van der Waals surface area contributed by atoms with Gasteiger partial charge in [-0.2, -0.15) is 5.10 Å². The van der Waals surface area contributed by atoms with Crippen molar-refractivity contribution in [2.75, 3.05) is 0 Å². The average Bonchev–Trinajstić information content (AvgIpc) is 2.78. The molecule has 1 amide bonds. The van der Waals surface area contributed by atoms with E-state index in [1.807, 2.05) is 30.3 Å². The van der Waals surface area contributed by atoms with Crippen molar-refractivity contribution >= 4 is 11.9 Å². The van der Waals surface area contributed by atoms with Crippen molar-refractivity contribution in [2.45, 2.75) is 20.0 Å². The Balaban J connectivity index is 1.92. The molecule has 0 saturated carbocycles. The summed E-state index contributed by atoms with van der Waals surface area (Å²) in [5.74, 6) is -1.26. The molecule has 6 nitrogen and oxygen atoms in total. The van der Waals surface area contributed by atoms with Gasteiger partial charge >= 0.3 is 5.97 Å². The fourth-order valence-electron chi connectivity index (χ4n) is 1.81. The molecule has 0 saturated heterocycles. The van der Waals surface area contributed by atoms with E-state index in [9.17, 15) is 9.59 Å². The van der Waals surface area contributed by atoms with Crippen molar-refractivity contribution in [3.8, 4) is 0 Å². The summed E-state index contributed by atoms with van der Waals surface area (Å²) in [5.41, 5.74) is 1.51. The van der Waals surface area contributed by atoms with Gasteiger partial charge in [0.2, 0.25) is 5.91 Å². The Labute approximate surface area is 116 Å². The number of carboxylic acids is 1. The normalized spacial score (nSPS) is 10.2. The van der Waals surface area contributed by atoms with Crippen molar-refractivity contribution in [3.63, 3.8) is 0 Å². The van der Waals surface area contributed by atoms with Crippen molar-refractivity contribution in [1.82, 2.24) is 15.1 Å². The lowest BCUT2D eigenvalue weighted by Gasteiger charge is -2.05. The van der Waals surface area contributed by atoms with Crippen LogP contribution >= 0.6 is 0 Å². The number of carbonyl (C=O) groups is 2. The number of carbonyl (C=O) groups excluding carboxylic acids is 1. The predicted octanol–water partition coefficient (Wildman–Crippen LogP) is 1.21. The maximum atomic E-state index is 11.8. The van der Waals surface area contributed by atoms with Crippen LogP contribution in [0.4, 0.5) is 0 Å². The van der Waals surface area contributed by atoms with Gasteiger partial charge in [0.05, 0.1) is 5.69 Å². The number of aryl methyl sites for hydroxylation is 1. The monoisotopic (exact) mass is 273 g/mol. The summed E-state index contributed by atoms with van der Waals surface area (Å²) in [6.45, 7) is 2.04. The third-order valence-electron chi connectivity index (χ3n) is 2.81. The van der Waals surface area contributed by atoms with E-state index in [2.05, 4.69) is 10.4 Å². The number of aromatic nitrogens is 2. The molecule has 2 aromatic rings. The van der Waals surface area contributed by atoms with Crippen molar-refractivity contribution in [3.05, 3.63) is 53.3 Å². The van der Waals surface area contributed by atoms with E-state index in [1.54, 1.807) is 6.92 Å². The van der Waals surface area contributed by atoms with Gasteiger partial charge in [0.1, 0.15) is 12.1 Å². The first kappa shape index (κ1) is 13.8. The molecule has 6 heteroatoms. The Morgan fingerprint density at radius 3 is 2.60 bits per heavy atom. The van der Waals surface area contributed by atoms with E-state index in [-0.39, 0.29) is 18.0 Å².